The van der Waals surface area contributed by atoms with Crippen LogP contribution in [0.4, 0.5) is 0 Å². The third kappa shape index (κ3) is 4.15. The van der Waals surface area contributed by atoms with Crippen molar-refractivity contribution in [2.75, 3.05) is 6.54 Å². The molecule has 0 fully saturated rings. The Morgan fingerprint density at radius 3 is 2.33 bits per heavy atom. The molecule has 0 N–H and O–H groups in total. The van der Waals surface area contributed by atoms with Gasteiger partial charge in [-0.15, -0.1) is 0 Å². The molecule has 1 atom stereocenters. The summed E-state index contributed by atoms with van der Waals surface area (Å²) in [5, 5.41) is 0. The Morgan fingerprint density at radius 2 is 1.78 bits per heavy atom. The Labute approximate surface area is 112 Å². The Balaban J connectivity index is 2.54. The van der Waals surface area contributed by atoms with Crippen LogP contribution in [-0.2, 0) is 4.79 Å². The van der Waals surface area contributed by atoms with Crippen LogP contribution in [0.5, 0.6) is 0 Å². The number of rotatable bonds is 9. The van der Waals surface area contributed by atoms with Gasteiger partial charge in [0.1, 0.15) is 0 Å². The molecule has 0 aromatic heterocycles. The number of unbranched alkanes of at least 4 members (excludes halogenated alkanes) is 4. The maximum atomic E-state index is 11.9. The Bertz CT molecular complexity index is 285. The van der Waals surface area contributed by atoms with Crippen LogP contribution in [0, 0.1) is 0 Å². The molecule has 1 rings (SSSR count). The van der Waals surface area contributed by atoms with Crippen molar-refractivity contribution in [3.63, 3.8) is 0 Å². The number of carbonyl (C=O) groups excluding carboxylic acids is 1. The molecule has 0 aromatic carbocycles. The molecule has 0 aliphatic carbocycles. The van der Waals surface area contributed by atoms with Gasteiger partial charge in [0.05, 0.1) is 0 Å². The van der Waals surface area contributed by atoms with Gasteiger partial charge in [-0.05, 0) is 19.8 Å². The second-order valence-electron chi connectivity index (χ2n) is 5.76. The number of amides is 1. The summed E-state index contributed by atoms with van der Waals surface area (Å²) in [6, 6.07) is 0. The third-order valence-electron chi connectivity index (χ3n) is 4.10. The average molecular weight is 251 g/mol. The lowest BCUT2D eigenvalue weighted by atomic mass is 9.87. The predicted molar refractivity (Wildman–Crippen MR) is 77.5 cm³/mol. The second-order valence-corrected chi connectivity index (χ2v) is 5.76. The third-order valence-corrected chi connectivity index (χ3v) is 4.10. The quantitative estimate of drug-likeness (QED) is 0.559. The molecule has 1 heterocycles. The molecule has 1 unspecified atom stereocenters. The zero-order chi connectivity index (χ0) is 13.4. The molecule has 2 heteroatoms. The Kier molecular flexibility index (Phi) is 6.45. The fourth-order valence-corrected chi connectivity index (χ4v) is 2.81. The van der Waals surface area contributed by atoms with E-state index in [1.165, 1.54) is 38.5 Å². The van der Waals surface area contributed by atoms with E-state index >= 15 is 0 Å². The van der Waals surface area contributed by atoms with Crippen molar-refractivity contribution in [3.05, 3.63) is 12.2 Å². The lowest BCUT2D eigenvalue weighted by Crippen LogP contribution is -2.47. The van der Waals surface area contributed by atoms with Crippen LogP contribution >= 0.6 is 0 Å². The lowest BCUT2D eigenvalue weighted by Gasteiger charge is -2.39. The van der Waals surface area contributed by atoms with E-state index < -0.39 is 0 Å². The van der Waals surface area contributed by atoms with Gasteiger partial charge < -0.3 is 4.90 Å². The van der Waals surface area contributed by atoms with Gasteiger partial charge in [0.15, 0.2) is 0 Å². The van der Waals surface area contributed by atoms with Crippen molar-refractivity contribution in [1.82, 2.24) is 4.90 Å². The summed E-state index contributed by atoms with van der Waals surface area (Å²) >= 11 is 0. The van der Waals surface area contributed by atoms with E-state index in [1.54, 1.807) is 6.08 Å². The molecule has 1 amide bonds. The summed E-state index contributed by atoms with van der Waals surface area (Å²) in [4.78, 5) is 14.0. The minimum absolute atomic E-state index is 0.0737. The summed E-state index contributed by atoms with van der Waals surface area (Å²) in [7, 11) is 0. The van der Waals surface area contributed by atoms with Crippen LogP contribution in [0.15, 0.2) is 12.2 Å². The van der Waals surface area contributed by atoms with E-state index in [1.807, 2.05) is 6.08 Å². The largest absolute Gasteiger partial charge is 0.330 e. The minimum atomic E-state index is 0.0737. The highest BCUT2D eigenvalue weighted by Crippen LogP contribution is 2.30. The summed E-state index contributed by atoms with van der Waals surface area (Å²) in [6.45, 7) is 7.55. The Hall–Kier alpha value is -0.790. The van der Waals surface area contributed by atoms with Gasteiger partial charge in [-0.1, -0.05) is 58.4 Å². The highest BCUT2D eigenvalue weighted by atomic mass is 16.2. The number of hydrogen-bond acceptors (Lipinski definition) is 1. The maximum Gasteiger partial charge on any atom is 0.247 e. The minimum Gasteiger partial charge on any atom is -0.330 e. The van der Waals surface area contributed by atoms with Crippen LogP contribution in [-0.4, -0.2) is 22.9 Å². The zero-order valence-corrected chi connectivity index (χ0v) is 12.4. The fourth-order valence-electron chi connectivity index (χ4n) is 2.81. The molecule has 0 spiro atoms. The monoisotopic (exact) mass is 251 g/mol. The molecule has 0 saturated carbocycles. The van der Waals surface area contributed by atoms with E-state index in [-0.39, 0.29) is 11.4 Å². The summed E-state index contributed by atoms with van der Waals surface area (Å²) in [6.07, 6.45) is 13.6. The smallest absolute Gasteiger partial charge is 0.247 e. The first-order chi connectivity index (χ1) is 8.64. The van der Waals surface area contributed by atoms with Crippen molar-refractivity contribution < 1.29 is 4.79 Å². The van der Waals surface area contributed by atoms with E-state index in [4.69, 9.17) is 0 Å². The molecule has 1 aliphatic rings. The number of nitrogens with zero attached hydrogens (tertiary/aromatic N) is 1. The van der Waals surface area contributed by atoms with Gasteiger partial charge in [-0.2, -0.15) is 0 Å². The number of hydrogen-bond donors (Lipinski definition) is 0. The molecule has 0 radical (unpaired) electrons. The zero-order valence-electron chi connectivity index (χ0n) is 12.4. The molecule has 0 aromatic rings. The van der Waals surface area contributed by atoms with Crippen molar-refractivity contribution in [1.29, 1.82) is 0 Å². The van der Waals surface area contributed by atoms with Gasteiger partial charge in [-0.3, -0.25) is 4.79 Å². The molecule has 1 aliphatic heterocycles. The molecule has 0 bridgehead atoms. The van der Waals surface area contributed by atoms with E-state index in [2.05, 4.69) is 25.7 Å². The molecular formula is C16H29NO. The van der Waals surface area contributed by atoms with Crippen LogP contribution in [0.2, 0.25) is 0 Å². The van der Waals surface area contributed by atoms with Gasteiger partial charge in [-0.25, -0.2) is 0 Å². The van der Waals surface area contributed by atoms with E-state index in [0.717, 1.165) is 19.4 Å². The topological polar surface area (TPSA) is 20.3 Å². The van der Waals surface area contributed by atoms with Gasteiger partial charge >= 0.3 is 0 Å². The first-order valence-corrected chi connectivity index (χ1v) is 7.62. The fraction of sp³-hybridized carbons (Fsp3) is 0.812. The standard InChI is InChI=1S/C16H29NO/c1-4-6-8-9-13-16(3,12-7-5-2)17-14-10-11-15(17)18/h10-11H,4-9,12-14H2,1-3H3. The van der Waals surface area contributed by atoms with Crippen LogP contribution in [0.25, 0.3) is 0 Å². The first-order valence-electron chi connectivity index (χ1n) is 7.62. The maximum absolute atomic E-state index is 11.9. The van der Waals surface area contributed by atoms with Crippen molar-refractivity contribution in [3.8, 4) is 0 Å². The van der Waals surface area contributed by atoms with Gasteiger partial charge in [0.25, 0.3) is 0 Å². The van der Waals surface area contributed by atoms with Gasteiger partial charge in [0, 0.05) is 18.2 Å². The molecule has 18 heavy (non-hydrogen) atoms. The normalized spacial score (nSPS) is 18.4. The first kappa shape index (κ1) is 15.3. The molecule has 2 nitrogen and oxygen atoms in total. The summed E-state index contributed by atoms with van der Waals surface area (Å²) in [5.41, 5.74) is 0.0737. The van der Waals surface area contributed by atoms with Crippen LogP contribution < -0.4 is 0 Å². The van der Waals surface area contributed by atoms with Crippen molar-refractivity contribution in [2.24, 2.45) is 0 Å². The summed E-state index contributed by atoms with van der Waals surface area (Å²) < 4.78 is 0. The van der Waals surface area contributed by atoms with E-state index in [9.17, 15) is 4.79 Å². The highest BCUT2D eigenvalue weighted by molar-refractivity contribution is 5.90. The second kappa shape index (κ2) is 7.60. The van der Waals surface area contributed by atoms with Crippen LogP contribution in [0.1, 0.15) is 72.1 Å². The van der Waals surface area contributed by atoms with Gasteiger partial charge in [0.2, 0.25) is 5.91 Å². The molecule has 0 saturated heterocycles. The SMILES string of the molecule is CCCCCCC(C)(CCCC)N1CC=CC1=O. The van der Waals surface area contributed by atoms with Crippen LogP contribution in [0.3, 0.4) is 0 Å². The van der Waals surface area contributed by atoms with Crippen molar-refractivity contribution >= 4 is 5.91 Å². The number of carbonyl (C=O) groups is 1. The van der Waals surface area contributed by atoms with Crippen molar-refractivity contribution in [2.45, 2.75) is 77.7 Å². The average Bonchev–Trinajstić information content (AvgIpc) is 2.79. The predicted octanol–water partition coefficient (Wildman–Crippen LogP) is 4.30. The lowest BCUT2D eigenvalue weighted by molar-refractivity contribution is -0.130. The molecular weight excluding hydrogens is 222 g/mol. The molecule has 104 valence electrons. The Morgan fingerprint density at radius 1 is 1.11 bits per heavy atom. The highest BCUT2D eigenvalue weighted by Gasteiger charge is 2.34. The summed E-state index contributed by atoms with van der Waals surface area (Å²) in [5.74, 6) is 0.212. The van der Waals surface area contributed by atoms with E-state index in [0.29, 0.717) is 0 Å².